The predicted octanol–water partition coefficient (Wildman–Crippen LogP) is 2.89. The van der Waals surface area contributed by atoms with Crippen molar-refractivity contribution in [2.45, 2.75) is 18.4 Å². The molecular formula is C13H12BrN3. The summed E-state index contributed by atoms with van der Waals surface area (Å²) in [6.07, 6.45) is 3.75. The molecule has 0 spiro atoms. The fourth-order valence-corrected chi connectivity index (χ4v) is 2.34. The second kappa shape index (κ2) is 4.45. The van der Waals surface area contributed by atoms with Gasteiger partial charge < -0.3 is 4.90 Å². The Kier molecular flexibility index (Phi) is 2.81. The molecule has 0 saturated carbocycles. The zero-order valence-corrected chi connectivity index (χ0v) is 10.9. The van der Waals surface area contributed by atoms with Crippen LogP contribution in [0, 0.1) is 0 Å². The fraction of sp³-hybridized carbons (Fsp3) is 0.231. The largest absolute Gasteiger partial charge is 0.332 e. The number of hydrogen-bond acceptors (Lipinski definition) is 3. The van der Waals surface area contributed by atoms with Crippen LogP contribution in [-0.2, 0) is 18.4 Å². The maximum atomic E-state index is 4.40. The molecule has 1 aliphatic heterocycles. The zero-order valence-electron chi connectivity index (χ0n) is 9.31. The van der Waals surface area contributed by atoms with Crippen LogP contribution in [0.1, 0.15) is 16.7 Å². The van der Waals surface area contributed by atoms with Crippen LogP contribution in [0.2, 0.25) is 0 Å². The number of alkyl halides is 1. The zero-order chi connectivity index (χ0) is 11.7. The summed E-state index contributed by atoms with van der Waals surface area (Å²) in [5.74, 6) is 0.811. The summed E-state index contributed by atoms with van der Waals surface area (Å²) in [5.41, 5.74) is 3.85. The molecule has 3 nitrogen and oxygen atoms in total. The van der Waals surface area contributed by atoms with Crippen molar-refractivity contribution < 1.29 is 0 Å². The van der Waals surface area contributed by atoms with Crippen molar-refractivity contribution >= 4 is 21.9 Å². The van der Waals surface area contributed by atoms with Crippen LogP contribution in [0.5, 0.6) is 0 Å². The van der Waals surface area contributed by atoms with Gasteiger partial charge in [0.15, 0.2) is 0 Å². The number of aromatic nitrogens is 2. The van der Waals surface area contributed by atoms with Gasteiger partial charge in [0, 0.05) is 30.8 Å². The summed E-state index contributed by atoms with van der Waals surface area (Å²) in [5, 5.41) is 0.799. The average molecular weight is 290 g/mol. The molecule has 0 fully saturated rings. The van der Waals surface area contributed by atoms with Crippen molar-refractivity contribution in [1.82, 2.24) is 9.97 Å². The van der Waals surface area contributed by atoms with E-state index in [1.807, 2.05) is 12.4 Å². The van der Waals surface area contributed by atoms with E-state index in [9.17, 15) is 0 Å². The van der Waals surface area contributed by atoms with Crippen LogP contribution in [0.4, 0.5) is 5.95 Å². The van der Waals surface area contributed by atoms with Gasteiger partial charge in [0.1, 0.15) is 0 Å². The molecule has 17 heavy (non-hydrogen) atoms. The first-order valence-electron chi connectivity index (χ1n) is 5.55. The standard InChI is InChI=1S/C13H12BrN3/c14-5-10-6-15-13(16-7-10)17-8-11-3-1-2-4-12(11)9-17/h1-4,6-7H,5,8-9H2. The summed E-state index contributed by atoms with van der Waals surface area (Å²) >= 11 is 3.40. The van der Waals surface area contributed by atoms with Crippen molar-refractivity contribution in [3.05, 3.63) is 53.3 Å². The molecule has 3 rings (SSSR count). The Morgan fingerprint density at radius 2 is 1.65 bits per heavy atom. The highest BCUT2D eigenvalue weighted by atomic mass is 79.9. The van der Waals surface area contributed by atoms with Crippen LogP contribution >= 0.6 is 15.9 Å². The third-order valence-corrected chi connectivity index (χ3v) is 3.62. The first-order chi connectivity index (χ1) is 8.36. The molecule has 1 aliphatic rings. The van der Waals surface area contributed by atoms with E-state index >= 15 is 0 Å². The Bertz CT molecular complexity index is 499. The molecule has 0 radical (unpaired) electrons. The monoisotopic (exact) mass is 289 g/mol. The molecule has 2 heterocycles. The van der Waals surface area contributed by atoms with Crippen LogP contribution in [0.3, 0.4) is 0 Å². The number of anilines is 1. The SMILES string of the molecule is BrCc1cnc(N2Cc3ccccc3C2)nc1. The molecule has 0 N–H and O–H groups in total. The molecular weight excluding hydrogens is 278 g/mol. The van der Waals surface area contributed by atoms with Crippen molar-refractivity contribution in [3.8, 4) is 0 Å². The summed E-state index contributed by atoms with van der Waals surface area (Å²) < 4.78 is 0. The maximum Gasteiger partial charge on any atom is 0.225 e. The minimum Gasteiger partial charge on any atom is -0.332 e. The number of benzene rings is 1. The lowest BCUT2D eigenvalue weighted by atomic mass is 10.1. The smallest absolute Gasteiger partial charge is 0.225 e. The number of rotatable bonds is 2. The molecule has 0 unspecified atom stereocenters. The van der Waals surface area contributed by atoms with E-state index in [-0.39, 0.29) is 0 Å². The van der Waals surface area contributed by atoms with E-state index in [1.165, 1.54) is 11.1 Å². The van der Waals surface area contributed by atoms with E-state index in [1.54, 1.807) is 0 Å². The van der Waals surface area contributed by atoms with Crippen molar-refractivity contribution in [3.63, 3.8) is 0 Å². The Morgan fingerprint density at radius 1 is 1.06 bits per heavy atom. The van der Waals surface area contributed by atoms with E-state index in [0.717, 1.165) is 29.9 Å². The van der Waals surface area contributed by atoms with Gasteiger partial charge in [-0.1, -0.05) is 40.2 Å². The van der Waals surface area contributed by atoms with Gasteiger partial charge in [-0.3, -0.25) is 0 Å². The van der Waals surface area contributed by atoms with Crippen LogP contribution in [0.25, 0.3) is 0 Å². The summed E-state index contributed by atoms with van der Waals surface area (Å²) in [6.45, 7) is 1.81. The fourth-order valence-electron chi connectivity index (χ4n) is 2.05. The maximum absolute atomic E-state index is 4.40. The van der Waals surface area contributed by atoms with Gasteiger partial charge in [0.25, 0.3) is 0 Å². The van der Waals surface area contributed by atoms with Crippen LogP contribution in [-0.4, -0.2) is 9.97 Å². The second-order valence-electron chi connectivity index (χ2n) is 4.15. The van der Waals surface area contributed by atoms with Crippen molar-refractivity contribution in [1.29, 1.82) is 0 Å². The second-order valence-corrected chi connectivity index (χ2v) is 4.71. The summed E-state index contributed by atoms with van der Waals surface area (Å²) in [7, 11) is 0. The molecule has 0 amide bonds. The summed E-state index contributed by atoms with van der Waals surface area (Å²) in [6, 6.07) is 8.50. The lowest BCUT2D eigenvalue weighted by Crippen LogP contribution is -2.17. The highest BCUT2D eigenvalue weighted by Gasteiger charge is 2.20. The highest BCUT2D eigenvalue weighted by molar-refractivity contribution is 9.08. The number of hydrogen-bond donors (Lipinski definition) is 0. The van der Waals surface area contributed by atoms with Gasteiger partial charge in [0.2, 0.25) is 5.95 Å². The van der Waals surface area contributed by atoms with E-state index in [0.29, 0.717) is 0 Å². The topological polar surface area (TPSA) is 29.0 Å². The third-order valence-electron chi connectivity index (χ3n) is 2.97. The van der Waals surface area contributed by atoms with E-state index < -0.39 is 0 Å². The minimum absolute atomic E-state index is 0.799. The van der Waals surface area contributed by atoms with Crippen molar-refractivity contribution in [2.75, 3.05) is 4.90 Å². The Labute approximate surface area is 109 Å². The molecule has 0 saturated heterocycles. The first kappa shape index (κ1) is 10.7. The Balaban J connectivity index is 1.83. The Hall–Kier alpha value is -1.42. The normalized spacial score (nSPS) is 13.8. The van der Waals surface area contributed by atoms with Gasteiger partial charge in [-0.25, -0.2) is 9.97 Å². The number of halogens is 1. The Morgan fingerprint density at radius 3 is 2.18 bits per heavy atom. The van der Waals surface area contributed by atoms with Gasteiger partial charge in [-0.15, -0.1) is 0 Å². The molecule has 0 aliphatic carbocycles. The molecule has 4 heteroatoms. The number of fused-ring (bicyclic) bond motifs is 1. The predicted molar refractivity (Wildman–Crippen MR) is 71.0 cm³/mol. The van der Waals surface area contributed by atoms with Crippen LogP contribution in [0.15, 0.2) is 36.7 Å². The van der Waals surface area contributed by atoms with Gasteiger partial charge in [-0.05, 0) is 16.7 Å². The first-order valence-corrected chi connectivity index (χ1v) is 6.67. The molecule has 0 bridgehead atoms. The summed E-state index contributed by atoms with van der Waals surface area (Å²) in [4.78, 5) is 11.0. The van der Waals surface area contributed by atoms with E-state index in [4.69, 9.17) is 0 Å². The van der Waals surface area contributed by atoms with Gasteiger partial charge in [-0.2, -0.15) is 0 Å². The lowest BCUT2D eigenvalue weighted by molar-refractivity contribution is 0.825. The number of nitrogens with zero attached hydrogens (tertiary/aromatic N) is 3. The van der Waals surface area contributed by atoms with Gasteiger partial charge >= 0.3 is 0 Å². The minimum atomic E-state index is 0.799. The lowest BCUT2D eigenvalue weighted by Gasteiger charge is -2.14. The molecule has 86 valence electrons. The molecule has 2 aromatic rings. The quantitative estimate of drug-likeness (QED) is 0.796. The van der Waals surface area contributed by atoms with E-state index in [2.05, 4.69) is 55.1 Å². The van der Waals surface area contributed by atoms with Crippen LogP contribution < -0.4 is 4.90 Å². The highest BCUT2D eigenvalue weighted by Crippen LogP contribution is 2.25. The average Bonchev–Trinajstić information content (AvgIpc) is 2.82. The molecule has 1 aromatic heterocycles. The van der Waals surface area contributed by atoms with Crippen molar-refractivity contribution in [2.24, 2.45) is 0 Å². The van der Waals surface area contributed by atoms with Gasteiger partial charge in [0.05, 0.1) is 0 Å². The molecule has 1 aromatic carbocycles. The third kappa shape index (κ3) is 2.05. The molecule has 0 atom stereocenters.